The van der Waals surface area contributed by atoms with E-state index in [0.717, 1.165) is 12.8 Å². The van der Waals surface area contributed by atoms with E-state index in [1.165, 1.54) is 4.90 Å². The molecule has 1 aliphatic rings. The summed E-state index contributed by atoms with van der Waals surface area (Å²) in [5.74, 6) is 0.886. The summed E-state index contributed by atoms with van der Waals surface area (Å²) in [6.07, 6.45) is 1.76. The van der Waals surface area contributed by atoms with Crippen LogP contribution in [0.25, 0.3) is 0 Å². The highest BCUT2D eigenvalue weighted by atomic mass is 16.5. The van der Waals surface area contributed by atoms with Crippen LogP contribution in [0.15, 0.2) is 40.9 Å². The number of amides is 2. The Balaban J connectivity index is 1.58. The van der Waals surface area contributed by atoms with Crippen LogP contribution >= 0.6 is 0 Å². The van der Waals surface area contributed by atoms with E-state index in [1.54, 1.807) is 25.1 Å². The van der Waals surface area contributed by atoms with Gasteiger partial charge < -0.3 is 24.2 Å². The normalized spacial score (nSPS) is 16.1. The van der Waals surface area contributed by atoms with Crippen molar-refractivity contribution in [2.45, 2.75) is 25.9 Å². The SMILES string of the molecule is Cc1cc(NC(=O)CN(CC2CCCO2)C(=O)COc2ccccc2)no1. The summed E-state index contributed by atoms with van der Waals surface area (Å²) >= 11 is 0. The van der Waals surface area contributed by atoms with Crippen LogP contribution < -0.4 is 10.1 Å². The number of para-hydroxylation sites is 1. The van der Waals surface area contributed by atoms with Gasteiger partial charge in [0.2, 0.25) is 5.91 Å². The summed E-state index contributed by atoms with van der Waals surface area (Å²) in [7, 11) is 0. The topological polar surface area (TPSA) is 93.9 Å². The number of hydrogen-bond acceptors (Lipinski definition) is 6. The van der Waals surface area contributed by atoms with Crippen molar-refractivity contribution >= 4 is 17.6 Å². The fourth-order valence-corrected chi connectivity index (χ4v) is 2.82. The zero-order valence-electron chi connectivity index (χ0n) is 15.2. The number of carbonyl (C=O) groups is 2. The van der Waals surface area contributed by atoms with Crippen LogP contribution in [0.4, 0.5) is 5.82 Å². The lowest BCUT2D eigenvalue weighted by atomic mass is 10.2. The van der Waals surface area contributed by atoms with Gasteiger partial charge in [0.05, 0.1) is 6.10 Å². The quantitative estimate of drug-likeness (QED) is 0.761. The number of anilines is 1. The van der Waals surface area contributed by atoms with Crippen molar-refractivity contribution in [1.82, 2.24) is 10.1 Å². The molecular formula is C19H23N3O5. The van der Waals surface area contributed by atoms with Crippen LogP contribution in [0.5, 0.6) is 5.75 Å². The van der Waals surface area contributed by atoms with E-state index in [-0.39, 0.29) is 31.1 Å². The Hall–Kier alpha value is -2.87. The first kappa shape index (κ1) is 18.9. The number of rotatable bonds is 8. The van der Waals surface area contributed by atoms with E-state index < -0.39 is 0 Å². The fraction of sp³-hybridized carbons (Fsp3) is 0.421. The molecule has 0 saturated carbocycles. The number of nitrogens with one attached hydrogen (secondary N) is 1. The number of nitrogens with zero attached hydrogens (tertiary/aromatic N) is 2. The Bertz CT molecular complexity index is 756. The highest BCUT2D eigenvalue weighted by Crippen LogP contribution is 2.15. The number of benzene rings is 1. The molecule has 0 spiro atoms. The second-order valence-corrected chi connectivity index (χ2v) is 6.38. The molecule has 1 aromatic carbocycles. The Morgan fingerprint density at radius 3 is 2.81 bits per heavy atom. The average Bonchev–Trinajstić information content (AvgIpc) is 3.31. The van der Waals surface area contributed by atoms with E-state index in [1.807, 2.05) is 18.2 Å². The first-order valence-electron chi connectivity index (χ1n) is 8.90. The molecule has 1 unspecified atom stereocenters. The van der Waals surface area contributed by atoms with E-state index in [9.17, 15) is 9.59 Å². The molecule has 2 amide bonds. The molecule has 1 saturated heterocycles. The second-order valence-electron chi connectivity index (χ2n) is 6.38. The Labute approximate surface area is 157 Å². The maximum Gasteiger partial charge on any atom is 0.261 e. The number of ether oxygens (including phenoxy) is 2. The van der Waals surface area contributed by atoms with Crippen LogP contribution in [0.1, 0.15) is 18.6 Å². The monoisotopic (exact) mass is 373 g/mol. The minimum absolute atomic E-state index is 0.0622. The number of aryl methyl sites for hydroxylation is 1. The van der Waals surface area contributed by atoms with Gasteiger partial charge >= 0.3 is 0 Å². The highest BCUT2D eigenvalue weighted by Gasteiger charge is 2.25. The minimum atomic E-state index is -0.352. The molecule has 0 radical (unpaired) electrons. The molecule has 0 bridgehead atoms. The molecule has 2 heterocycles. The predicted octanol–water partition coefficient (Wildman–Crippen LogP) is 2.01. The maximum atomic E-state index is 12.6. The summed E-state index contributed by atoms with van der Waals surface area (Å²) in [4.78, 5) is 26.4. The molecule has 8 heteroatoms. The van der Waals surface area contributed by atoms with Crippen molar-refractivity contribution in [1.29, 1.82) is 0 Å². The molecular weight excluding hydrogens is 350 g/mol. The Morgan fingerprint density at radius 1 is 1.33 bits per heavy atom. The molecule has 0 aliphatic carbocycles. The predicted molar refractivity (Wildman–Crippen MR) is 97.4 cm³/mol. The van der Waals surface area contributed by atoms with Gasteiger partial charge in [-0.05, 0) is 31.9 Å². The van der Waals surface area contributed by atoms with Crippen molar-refractivity contribution in [3.63, 3.8) is 0 Å². The molecule has 8 nitrogen and oxygen atoms in total. The van der Waals surface area contributed by atoms with E-state index in [0.29, 0.717) is 30.5 Å². The van der Waals surface area contributed by atoms with Crippen molar-refractivity contribution < 1.29 is 23.6 Å². The molecule has 1 atom stereocenters. The molecule has 1 N–H and O–H groups in total. The lowest BCUT2D eigenvalue weighted by Crippen LogP contribution is -2.44. The third kappa shape index (κ3) is 5.82. The molecule has 1 aromatic heterocycles. The summed E-state index contributed by atoms with van der Waals surface area (Å²) in [5.41, 5.74) is 0. The fourth-order valence-electron chi connectivity index (χ4n) is 2.82. The van der Waals surface area contributed by atoms with Crippen LogP contribution in [0.2, 0.25) is 0 Å². The van der Waals surface area contributed by atoms with Gasteiger partial charge in [-0.25, -0.2) is 0 Å². The lowest BCUT2D eigenvalue weighted by molar-refractivity contribution is -0.138. The van der Waals surface area contributed by atoms with E-state index >= 15 is 0 Å². The van der Waals surface area contributed by atoms with E-state index in [2.05, 4.69) is 10.5 Å². The van der Waals surface area contributed by atoms with Gasteiger partial charge in [0.15, 0.2) is 12.4 Å². The second kappa shape index (κ2) is 9.18. The van der Waals surface area contributed by atoms with Crippen LogP contribution in [0.3, 0.4) is 0 Å². The Kier molecular flexibility index (Phi) is 6.43. The van der Waals surface area contributed by atoms with Gasteiger partial charge in [-0.15, -0.1) is 0 Å². The molecule has 2 aromatic rings. The highest BCUT2D eigenvalue weighted by molar-refractivity contribution is 5.94. The standard InChI is InChI=1S/C19H23N3O5/c1-14-10-17(21-27-14)20-18(23)12-22(11-16-8-5-9-25-16)19(24)13-26-15-6-3-2-4-7-15/h2-4,6-7,10,16H,5,8-9,11-13H2,1H3,(H,20,21,23). The third-order valence-electron chi connectivity index (χ3n) is 4.14. The first-order valence-corrected chi connectivity index (χ1v) is 8.90. The van der Waals surface area contributed by atoms with Crippen molar-refractivity contribution in [3.05, 3.63) is 42.2 Å². The van der Waals surface area contributed by atoms with Gasteiger partial charge in [0.1, 0.15) is 18.1 Å². The van der Waals surface area contributed by atoms with Gasteiger partial charge in [-0.2, -0.15) is 0 Å². The lowest BCUT2D eigenvalue weighted by Gasteiger charge is -2.24. The number of carbonyl (C=O) groups excluding carboxylic acids is 2. The summed E-state index contributed by atoms with van der Waals surface area (Å²) in [6, 6.07) is 10.7. The van der Waals surface area contributed by atoms with Gasteiger partial charge in [-0.1, -0.05) is 23.4 Å². The van der Waals surface area contributed by atoms with Crippen LogP contribution in [-0.4, -0.2) is 54.3 Å². The zero-order chi connectivity index (χ0) is 19.1. The molecule has 27 heavy (non-hydrogen) atoms. The molecule has 1 fully saturated rings. The third-order valence-corrected chi connectivity index (χ3v) is 4.14. The van der Waals surface area contributed by atoms with Gasteiger partial charge in [0, 0.05) is 19.2 Å². The molecule has 3 rings (SSSR count). The summed E-state index contributed by atoms with van der Waals surface area (Å²) in [6.45, 7) is 2.51. The summed E-state index contributed by atoms with van der Waals surface area (Å²) < 4.78 is 16.1. The smallest absolute Gasteiger partial charge is 0.261 e. The van der Waals surface area contributed by atoms with Gasteiger partial charge in [0.25, 0.3) is 5.91 Å². The number of hydrogen-bond donors (Lipinski definition) is 1. The zero-order valence-corrected chi connectivity index (χ0v) is 15.2. The molecule has 1 aliphatic heterocycles. The summed E-state index contributed by atoms with van der Waals surface area (Å²) in [5, 5.41) is 6.35. The number of aromatic nitrogens is 1. The van der Waals surface area contributed by atoms with Crippen molar-refractivity contribution in [3.8, 4) is 5.75 Å². The van der Waals surface area contributed by atoms with Crippen LogP contribution in [-0.2, 0) is 14.3 Å². The Morgan fingerprint density at radius 2 is 2.15 bits per heavy atom. The van der Waals surface area contributed by atoms with Gasteiger partial charge in [-0.3, -0.25) is 9.59 Å². The first-order chi connectivity index (χ1) is 13.1. The van der Waals surface area contributed by atoms with Crippen molar-refractivity contribution in [2.75, 3.05) is 31.6 Å². The maximum absolute atomic E-state index is 12.6. The minimum Gasteiger partial charge on any atom is -0.484 e. The molecule has 144 valence electrons. The van der Waals surface area contributed by atoms with Crippen LogP contribution in [0, 0.1) is 6.92 Å². The van der Waals surface area contributed by atoms with Crippen molar-refractivity contribution in [2.24, 2.45) is 0 Å². The average molecular weight is 373 g/mol. The largest absolute Gasteiger partial charge is 0.484 e. The van der Waals surface area contributed by atoms with E-state index in [4.69, 9.17) is 14.0 Å².